The van der Waals surface area contributed by atoms with Gasteiger partial charge in [0.1, 0.15) is 0 Å². The summed E-state index contributed by atoms with van der Waals surface area (Å²) in [4.78, 5) is 0.198. The number of hydrogen-bond donors (Lipinski definition) is 0. The fourth-order valence-electron chi connectivity index (χ4n) is 0.440. The molecule has 0 saturated heterocycles. The molecule has 1 aromatic rings. The molecule has 0 bridgehead atoms. The molecule has 1 heterocycles. The van der Waals surface area contributed by atoms with E-state index in [1.165, 1.54) is 12.1 Å². The van der Waals surface area contributed by atoms with E-state index in [1.807, 2.05) is 0 Å². The normalized spacial score (nSPS) is 8.14. The third kappa shape index (κ3) is 6.91. The SMILES string of the molecule is FB(F)F.F[n+]1c(Cl)cccc1Cl.[F-]. The van der Waals surface area contributed by atoms with Crippen LogP contribution in [0.4, 0.5) is 17.4 Å². The van der Waals surface area contributed by atoms with Gasteiger partial charge in [0.05, 0.1) is 9.27 Å². The Morgan fingerprint density at radius 2 is 1.36 bits per heavy atom. The van der Waals surface area contributed by atoms with Crippen LogP contribution >= 0.6 is 23.2 Å². The molecule has 0 amide bonds. The van der Waals surface area contributed by atoms with Gasteiger partial charge in [-0.1, -0.05) is 0 Å². The molecule has 0 radical (unpaired) electrons. The van der Waals surface area contributed by atoms with E-state index >= 15 is 0 Å². The van der Waals surface area contributed by atoms with Gasteiger partial charge in [-0.15, -0.1) is 0 Å². The van der Waals surface area contributed by atoms with Crippen LogP contribution < -0.4 is 9.49 Å². The summed E-state index contributed by atoms with van der Waals surface area (Å²) in [6.07, 6.45) is 0. The van der Waals surface area contributed by atoms with Crippen LogP contribution in [0.25, 0.3) is 0 Å². The fourth-order valence-corrected chi connectivity index (χ4v) is 0.811. The van der Waals surface area contributed by atoms with Crippen molar-refractivity contribution >= 4 is 30.7 Å². The third-order valence-electron chi connectivity index (χ3n) is 0.843. The summed E-state index contributed by atoms with van der Waals surface area (Å²) in [6.45, 7) is 0. The third-order valence-corrected chi connectivity index (χ3v) is 1.39. The van der Waals surface area contributed by atoms with Gasteiger partial charge in [0.15, 0.2) is 0 Å². The molecule has 0 aliphatic rings. The lowest BCUT2D eigenvalue weighted by atomic mass is 10.5. The molecule has 1 nitrogen and oxygen atoms in total. The van der Waals surface area contributed by atoms with Gasteiger partial charge >= 0.3 is 17.9 Å². The van der Waals surface area contributed by atoms with Crippen molar-refractivity contribution in [3.05, 3.63) is 28.5 Å². The molecule has 80 valence electrons. The minimum absolute atomic E-state index is 0. The summed E-state index contributed by atoms with van der Waals surface area (Å²) in [7, 11) is -3.67. The summed E-state index contributed by atoms with van der Waals surface area (Å²) in [5.41, 5.74) is 0. The van der Waals surface area contributed by atoms with Crippen molar-refractivity contribution in [3.8, 4) is 0 Å². The summed E-state index contributed by atoms with van der Waals surface area (Å²) in [5.74, 6) is 0. The second kappa shape index (κ2) is 7.81. The van der Waals surface area contributed by atoms with E-state index in [1.54, 1.807) is 6.07 Å². The largest absolute Gasteiger partial charge is 1.00 e. The average Bonchev–Trinajstić information content (AvgIpc) is 1.99. The van der Waals surface area contributed by atoms with Gasteiger partial charge in [0.25, 0.3) is 0 Å². The summed E-state index contributed by atoms with van der Waals surface area (Å²) >= 11 is 10.6. The number of nitrogens with zero attached hydrogens (tertiary/aromatic N) is 1. The molecule has 0 aliphatic carbocycles. The summed E-state index contributed by atoms with van der Waals surface area (Å²) in [6, 6.07) is 4.39. The van der Waals surface area contributed by atoms with Gasteiger partial charge in [0, 0.05) is 12.1 Å². The molecule has 0 spiro atoms. The van der Waals surface area contributed by atoms with Gasteiger partial charge < -0.3 is 4.70 Å². The van der Waals surface area contributed by atoms with E-state index in [0.29, 0.717) is 0 Å². The highest BCUT2D eigenvalue weighted by Gasteiger charge is 2.11. The van der Waals surface area contributed by atoms with Crippen LogP contribution in [-0.2, 0) is 0 Å². The second-order valence-electron chi connectivity index (χ2n) is 1.70. The Morgan fingerprint density at radius 3 is 1.57 bits per heavy atom. The summed E-state index contributed by atoms with van der Waals surface area (Å²) in [5, 5.41) is -0.0509. The molecule has 0 atom stereocenters. The van der Waals surface area contributed by atoms with E-state index < -0.39 is 7.54 Å². The molecule has 0 fully saturated rings. The van der Waals surface area contributed by atoms with Crippen LogP contribution in [0.15, 0.2) is 18.2 Å². The van der Waals surface area contributed by atoms with Crippen molar-refractivity contribution in [1.29, 1.82) is 0 Å². The Labute approximate surface area is 86.8 Å². The van der Waals surface area contributed by atoms with E-state index in [4.69, 9.17) is 23.2 Å². The first-order chi connectivity index (χ1) is 5.95. The van der Waals surface area contributed by atoms with E-state index in [0.717, 1.165) is 0 Å². The van der Waals surface area contributed by atoms with Crippen LogP contribution in [0.5, 0.6) is 0 Å². The molecule has 14 heavy (non-hydrogen) atoms. The maximum atomic E-state index is 12.4. The molecule has 0 aromatic carbocycles. The Kier molecular flexibility index (Phi) is 8.87. The van der Waals surface area contributed by atoms with Crippen molar-refractivity contribution in [3.63, 3.8) is 0 Å². The number of aromatic nitrogens is 1. The van der Waals surface area contributed by atoms with Gasteiger partial charge in [-0.3, -0.25) is 12.9 Å². The molecule has 0 unspecified atom stereocenters. The highest BCUT2D eigenvalue weighted by Crippen LogP contribution is 2.06. The molecule has 1 aromatic heterocycles. The van der Waals surface area contributed by atoms with Crippen LogP contribution in [0.3, 0.4) is 0 Å². The minimum Gasteiger partial charge on any atom is -1.00 e. The lowest BCUT2D eigenvalue weighted by Gasteiger charge is -1.82. The summed E-state index contributed by atoms with van der Waals surface area (Å²) < 4.78 is 41.4. The molecule has 0 saturated carbocycles. The second-order valence-corrected chi connectivity index (χ2v) is 2.47. The highest BCUT2D eigenvalue weighted by atomic mass is 35.5. The van der Waals surface area contributed by atoms with Crippen LogP contribution in [0.2, 0.25) is 10.3 Å². The van der Waals surface area contributed by atoms with Crippen LogP contribution in [0.1, 0.15) is 0 Å². The van der Waals surface area contributed by atoms with Gasteiger partial charge in [0.2, 0.25) is 0 Å². The smallest absolute Gasteiger partial charge is 0.762 e. The Hall–Kier alpha value is -0.555. The lowest BCUT2D eigenvalue weighted by Crippen LogP contribution is -3.00. The molecular formula is C5H3BCl2F5N. The zero-order valence-electron chi connectivity index (χ0n) is 6.40. The van der Waals surface area contributed by atoms with E-state index in [9.17, 15) is 17.4 Å². The Balaban J connectivity index is 0. The van der Waals surface area contributed by atoms with Crippen molar-refractivity contribution in [2.24, 2.45) is 0 Å². The lowest BCUT2D eigenvalue weighted by molar-refractivity contribution is -0.840. The van der Waals surface area contributed by atoms with Crippen molar-refractivity contribution in [1.82, 2.24) is 0 Å². The quantitative estimate of drug-likeness (QED) is 0.345. The zero-order chi connectivity index (χ0) is 10.4. The Bertz CT molecular complexity index is 251. The van der Waals surface area contributed by atoms with E-state index in [-0.39, 0.29) is 19.8 Å². The van der Waals surface area contributed by atoms with Crippen molar-refractivity contribution < 1.29 is 26.9 Å². The number of pyridine rings is 1. The predicted molar refractivity (Wildman–Crippen MR) is 42.2 cm³/mol. The van der Waals surface area contributed by atoms with Gasteiger partial charge in [-0.25, -0.2) is 0 Å². The number of rotatable bonds is 0. The molecular weight excluding hydrogens is 251 g/mol. The first-order valence-electron chi connectivity index (χ1n) is 2.89. The molecule has 0 aliphatic heterocycles. The van der Waals surface area contributed by atoms with Crippen molar-refractivity contribution in [2.75, 3.05) is 0 Å². The topological polar surface area (TPSA) is 3.88 Å². The standard InChI is InChI=1S/C5H3Cl2FN.BF3.FH/c6-4-2-1-3-5(7)9(4)8;2-1(3)4;/h1-3H;;1H/q+1;;/p-1. The highest BCUT2D eigenvalue weighted by molar-refractivity contribution is 6.33. The van der Waals surface area contributed by atoms with Crippen molar-refractivity contribution in [2.45, 2.75) is 0 Å². The molecule has 9 heteroatoms. The average molecular weight is 254 g/mol. The van der Waals surface area contributed by atoms with Crippen LogP contribution in [-0.4, -0.2) is 7.54 Å². The molecule has 0 N–H and O–H groups in total. The number of hydrogen-bond acceptors (Lipinski definition) is 0. The van der Waals surface area contributed by atoms with Gasteiger partial charge in [-0.05, 0) is 29.3 Å². The minimum atomic E-state index is -3.67. The van der Waals surface area contributed by atoms with Gasteiger partial charge in [-0.2, -0.15) is 0 Å². The number of halogens is 7. The monoisotopic (exact) mass is 253 g/mol. The first kappa shape index (κ1) is 15.9. The van der Waals surface area contributed by atoms with E-state index in [2.05, 4.69) is 0 Å². The maximum Gasteiger partial charge on any atom is 0.762 e. The first-order valence-corrected chi connectivity index (χ1v) is 3.65. The zero-order valence-corrected chi connectivity index (χ0v) is 7.91. The predicted octanol–water partition coefficient (Wildman–Crippen LogP) is -0.103. The van der Waals surface area contributed by atoms with Crippen LogP contribution in [0, 0.1) is 0 Å². The fraction of sp³-hybridized carbons (Fsp3) is 0. The molecule has 1 rings (SSSR count). The Morgan fingerprint density at radius 1 is 1.07 bits per heavy atom. The maximum absolute atomic E-state index is 12.4.